The Balaban J connectivity index is 2.16. The minimum Gasteiger partial charge on any atom is -0.504 e. The lowest BCUT2D eigenvalue weighted by Gasteiger charge is -2.27. The number of ether oxygens (including phenoxy) is 1. The second kappa shape index (κ2) is 4.90. The molecule has 3 rings (SSSR count). The number of rotatable bonds is 2. The predicted octanol–water partition coefficient (Wildman–Crippen LogP) is 2.63. The molecule has 4 N–H and O–H groups in total. The summed E-state index contributed by atoms with van der Waals surface area (Å²) >= 11 is 0. The van der Waals surface area contributed by atoms with Crippen molar-refractivity contribution >= 4 is 11.8 Å². The summed E-state index contributed by atoms with van der Waals surface area (Å²) in [5.74, 6) is 0.345. The van der Waals surface area contributed by atoms with Gasteiger partial charge in [0.25, 0.3) is 0 Å². The summed E-state index contributed by atoms with van der Waals surface area (Å²) < 4.78 is 5.89. The van der Waals surface area contributed by atoms with E-state index >= 15 is 0 Å². The zero-order chi connectivity index (χ0) is 14.1. The van der Waals surface area contributed by atoms with E-state index in [-0.39, 0.29) is 17.6 Å². The third-order valence-electron chi connectivity index (χ3n) is 3.39. The van der Waals surface area contributed by atoms with Gasteiger partial charge >= 0.3 is 0 Å². The van der Waals surface area contributed by atoms with Crippen LogP contribution in [-0.2, 0) is 4.74 Å². The van der Waals surface area contributed by atoms with Crippen LogP contribution in [-0.4, -0.2) is 16.8 Å². The van der Waals surface area contributed by atoms with Gasteiger partial charge in [0.1, 0.15) is 11.9 Å². The van der Waals surface area contributed by atoms with Gasteiger partial charge in [-0.05, 0) is 12.1 Å². The molecule has 0 saturated heterocycles. The molecule has 0 aliphatic carbocycles. The Morgan fingerprint density at radius 3 is 2.50 bits per heavy atom. The quantitative estimate of drug-likeness (QED) is 0.732. The van der Waals surface area contributed by atoms with Gasteiger partial charge in [-0.3, -0.25) is 0 Å². The third-order valence-corrected chi connectivity index (χ3v) is 3.39. The summed E-state index contributed by atoms with van der Waals surface area (Å²) in [6.07, 6.45) is 1.39. The molecule has 4 heteroatoms. The van der Waals surface area contributed by atoms with Crippen LogP contribution >= 0.6 is 0 Å². The lowest BCUT2D eigenvalue weighted by molar-refractivity contribution is 0.174. The fourth-order valence-electron chi connectivity index (χ4n) is 2.36. The highest BCUT2D eigenvalue weighted by atomic mass is 16.5. The summed E-state index contributed by atoms with van der Waals surface area (Å²) in [6, 6.07) is 12.8. The fraction of sp³-hybridized carbons (Fsp3) is 0.125. The molecule has 1 unspecified atom stereocenters. The van der Waals surface area contributed by atoms with Gasteiger partial charge < -0.3 is 20.7 Å². The summed E-state index contributed by atoms with van der Waals surface area (Å²) in [5, 5.41) is 19.7. The number of phenolic OH excluding ortho intramolecular Hbond substituents is 2. The average molecular weight is 269 g/mol. The third kappa shape index (κ3) is 2.00. The van der Waals surface area contributed by atoms with Crippen LogP contribution in [0.4, 0.5) is 0 Å². The molecule has 102 valence electrons. The van der Waals surface area contributed by atoms with E-state index in [9.17, 15) is 10.2 Å². The standard InChI is InChI=1S/C16H15NO3/c17-9-15-11-6-7-13(18)16(19)12(11)8-14(20-15)10-4-2-1-3-5-10/h1-8,15,18-19H,9,17H2. The molecule has 1 aliphatic rings. The molecule has 2 aromatic carbocycles. The van der Waals surface area contributed by atoms with Crippen LogP contribution in [0.15, 0.2) is 42.5 Å². The molecule has 2 aromatic rings. The fourth-order valence-corrected chi connectivity index (χ4v) is 2.36. The van der Waals surface area contributed by atoms with Crippen LogP contribution in [0.3, 0.4) is 0 Å². The van der Waals surface area contributed by atoms with E-state index in [1.807, 2.05) is 30.3 Å². The first kappa shape index (κ1) is 12.6. The van der Waals surface area contributed by atoms with E-state index in [0.29, 0.717) is 17.9 Å². The maximum atomic E-state index is 10.0. The van der Waals surface area contributed by atoms with Crippen LogP contribution in [0.5, 0.6) is 11.5 Å². The average Bonchev–Trinajstić information content (AvgIpc) is 2.51. The molecule has 1 atom stereocenters. The van der Waals surface area contributed by atoms with E-state index in [4.69, 9.17) is 10.5 Å². The number of benzene rings is 2. The minimum atomic E-state index is -0.336. The topological polar surface area (TPSA) is 75.7 Å². The number of hydrogen-bond donors (Lipinski definition) is 3. The second-order valence-electron chi connectivity index (χ2n) is 4.65. The van der Waals surface area contributed by atoms with Crippen molar-refractivity contribution < 1.29 is 14.9 Å². The smallest absolute Gasteiger partial charge is 0.165 e. The highest BCUT2D eigenvalue weighted by Crippen LogP contribution is 2.42. The van der Waals surface area contributed by atoms with Gasteiger partial charge in [0.2, 0.25) is 0 Å². The van der Waals surface area contributed by atoms with E-state index < -0.39 is 0 Å². The first-order valence-electron chi connectivity index (χ1n) is 6.39. The number of hydrogen-bond acceptors (Lipinski definition) is 4. The molecule has 0 aromatic heterocycles. The van der Waals surface area contributed by atoms with Crippen molar-refractivity contribution in [2.75, 3.05) is 6.54 Å². The normalized spacial score (nSPS) is 17.1. The van der Waals surface area contributed by atoms with Crippen LogP contribution in [0, 0.1) is 0 Å². The van der Waals surface area contributed by atoms with E-state index in [2.05, 4.69) is 0 Å². The van der Waals surface area contributed by atoms with E-state index in [1.54, 1.807) is 12.1 Å². The van der Waals surface area contributed by atoms with Crippen LogP contribution in [0.1, 0.15) is 22.8 Å². The van der Waals surface area contributed by atoms with Crippen molar-refractivity contribution in [3.05, 3.63) is 59.2 Å². The molecule has 0 amide bonds. The zero-order valence-electron chi connectivity index (χ0n) is 10.8. The maximum Gasteiger partial charge on any atom is 0.165 e. The minimum absolute atomic E-state index is 0.141. The molecule has 1 heterocycles. The molecule has 1 aliphatic heterocycles. The monoisotopic (exact) mass is 269 g/mol. The van der Waals surface area contributed by atoms with Gasteiger partial charge in [-0.15, -0.1) is 0 Å². The Bertz CT molecular complexity index is 665. The Morgan fingerprint density at radius 2 is 1.80 bits per heavy atom. The lowest BCUT2D eigenvalue weighted by Crippen LogP contribution is -2.19. The van der Waals surface area contributed by atoms with Gasteiger partial charge in [-0.1, -0.05) is 36.4 Å². The maximum absolute atomic E-state index is 10.0. The molecule has 4 nitrogen and oxygen atoms in total. The van der Waals surface area contributed by atoms with Crippen molar-refractivity contribution in [2.24, 2.45) is 5.73 Å². The Kier molecular flexibility index (Phi) is 3.08. The van der Waals surface area contributed by atoms with Gasteiger partial charge in [0.15, 0.2) is 11.5 Å². The Labute approximate surface area is 116 Å². The largest absolute Gasteiger partial charge is 0.504 e. The zero-order valence-corrected chi connectivity index (χ0v) is 10.8. The number of fused-ring (bicyclic) bond motifs is 1. The Hall–Kier alpha value is -2.46. The second-order valence-corrected chi connectivity index (χ2v) is 4.65. The summed E-state index contributed by atoms with van der Waals surface area (Å²) in [7, 11) is 0. The van der Waals surface area contributed by atoms with Gasteiger partial charge in [-0.2, -0.15) is 0 Å². The molecule has 20 heavy (non-hydrogen) atoms. The number of nitrogens with two attached hydrogens (primary N) is 1. The molecular formula is C16H15NO3. The van der Waals surface area contributed by atoms with Gasteiger partial charge in [-0.25, -0.2) is 0 Å². The van der Waals surface area contributed by atoms with Crippen LogP contribution in [0.2, 0.25) is 0 Å². The highest BCUT2D eigenvalue weighted by molar-refractivity contribution is 5.83. The molecule has 0 radical (unpaired) electrons. The lowest BCUT2D eigenvalue weighted by atomic mass is 9.96. The van der Waals surface area contributed by atoms with Crippen LogP contribution < -0.4 is 5.73 Å². The molecule has 0 spiro atoms. The number of aromatic hydroxyl groups is 2. The summed E-state index contributed by atoms with van der Waals surface area (Å²) in [4.78, 5) is 0. The van der Waals surface area contributed by atoms with E-state index in [0.717, 1.165) is 11.1 Å². The highest BCUT2D eigenvalue weighted by Gasteiger charge is 2.25. The van der Waals surface area contributed by atoms with Crippen LogP contribution in [0.25, 0.3) is 11.8 Å². The van der Waals surface area contributed by atoms with E-state index in [1.165, 1.54) is 6.07 Å². The van der Waals surface area contributed by atoms with Crippen molar-refractivity contribution in [1.29, 1.82) is 0 Å². The van der Waals surface area contributed by atoms with Crippen molar-refractivity contribution in [2.45, 2.75) is 6.10 Å². The first-order chi connectivity index (χ1) is 9.70. The SMILES string of the molecule is NCC1OC(c2ccccc2)=Cc2c1ccc(O)c2O. The van der Waals surface area contributed by atoms with Crippen molar-refractivity contribution in [3.63, 3.8) is 0 Å². The molecular weight excluding hydrogens is 254 g/mol. The Morgan fingerprint density at radius 1 is 1.05 bits per heavy atom. The number of phenols is 2. The molecule has 0 fully saturated rings. The summed E-state index contributed by atoms with van der Waals surface area (Å²) in [6.45, 7) is 0.293. The molecule has 0 bridgehead atoms. The first-order valence-corrected chi connectivity index (χ1v) is 6.39. The van der Waals surface area contributed by atoms with Gasteiger partial charge in [0, 0.05) is 23.2 Å². The molecule has 0 saturated carbocycles. The van der Waals surface area contributed by atoms with Crippen molar-refractivity contribution in [1.82, 2.24) is 0 Å². The van der Waals surface area contributed by atoms with Gasteiger partial charge in [0.05, 0.1) is 0 Å². The predicted molar refractivity (Wildman–Crippen MR) is 77.0 cm³/mol. The van der Waals surface area contributed by atoms with Crippen molar-refractivity contribution in [3.8, 4) is 11.5 Å². The summed E-state index contributed by atoms with van der Waals surface area (Å²) in [5.41, 5.74) is 7.99.